The van der Waals surface area contributed by atoms with Gasteiger partial charge in [-0.1, -0.05) is 59.0 Å². The Morgan fingerprint density at radius 2 is 1.44 bits per heavy atom. The highest BCUT2D eigenvalue weighted by Crippen LogP contribution is 2.33. The number of benzene rings is 2. The van der Waals surface area contributed by atoms with Gasteiger partial charge in [0.2, 0.25) is 0 Å². The number of aromatic nitrogens is 4. The minimum absolute atomic E-state index is 0.0196. The van der Waals surface area contributed by atoms with E-state index in [1.165, 1.54) is 13.0 Å². The Balaban J connectivity index is 0.000000241. The largest absolute Gasteiger partial charge is 0.367 e. The molecular formula is C38H38Cl3N9S2. The first kappa shape index (κ1) is 14.6. The van der Waals surface area contributed by atoms with Crippen molar-refractivity contribution in [2.24, 2.45) is 0 Å². The molecule has 6 aromatic rings. The van der Waals surface area contributed by atoms with Crippen molar-refractivity contribution in [3.8, 4) is 6.07 Å². The van der Waals surface area contributed by atoms with Crippen molar-refractivity contribution in [3.63, 3.8) is 0 Å². The maximum Gasteiger partial charge on any atom is 0.162 e. The predicted octanol–water partition coefficient (Wildman–Crippen LogP) is 9.68. The quantitative estimate of drug-likeness (QED) is 0.155. The number of thiophene rings is 2. The summed E-state index contributed by atoms with van der Waals surface area (Å²) in [5.41, 5.74) is -2.72. The van der Waals surface area contributed by atoms with Crippen LogP contribution in [0.1, 0.15) is 88.9 Å². The highest BCUT2D eigenvalue weighted by atomic mass is 35.5. The van der Waals surface area contributed by atoms with Gasteiger partial charge in [0, 0.05) is 83.5 Å². The Kier molecular flexibility index (Phi) is 4.77. The minimum atomic E-state index is -4.03. The maximum absolute atomic E-state index is 9.36. The average Bonchev–Trinajstić information content (AvgIpc) is 0.743. The second kappa shape index (κ2) is 17.0. The van der Waals surface area contributed by atoms with E-state index in [2.05, 4.69) is 19.9 Å². The third-order valence-corrected chi connectivity index (χ3v) is 8.79. The number of aryl methyl sites for hydroxylation is 1. The normalized spacial score (nSPS) is 34.5. The van der Waals surface area contributed by atoms with E-state index in [9.17, 15) is 5.26 Å². The third kappa shape index (κ3) is 9.30. The van der Waals surface area contributed by atoms with Crippen molar-refractivity contribution >= 4 is 89.5 Å². The van der Waals surface area contributed by atoms with E-state index in [1.54, 1.807) is 0 Å². The zero-order valence-electron chi connectivity index (χ0n) is 57.7. The van der Waals surface area contributed by atoms with E-state index in [-0.39, 0.29) is 44.9 Å². The number of nitriles is 1. The van der Waals surface area contributed by atoms with E-state index in [4.69, 9.17) is 78.7 Å². The number of rotatable bonds is 8. The molecule has 14 heteroatoms. The van der Waals surface area contributed by atoms with Gasteiger partial charge >= 0.3 is 0 Å². The highest BCUT2D eigenvalue weighted by Gasteiger charge is 2.22. The van der Waals surface area contributed by atoms with Crippen molar-refractivity contribution in [1.29, 1.82) is 5.26 Å². The summed E-state index contributed by atoms with van der Waals surface area (Å²) in [4.78, 5) is 13.9. The van der Waals surface area contributed by atoms with Crippen molar-refractivity contribution in [2.75, 3.05) is 36.6 Å². The molecule has 2 aliphatic rings. The van der Waals surface area contributed by atoms with Crippen LogP contribution in [0.2, 0.25) is 16.5 Å². The number of anilines is 2. The monoisotopic (exact) mass is 821 g/mol. The van der Waals surface area contributed by atoms with E-state index < -0.39 is 169 Å². The minimum Gasteiger partial charge on any atom is -0.367 e. The summed E-state index contributed by atoms with van der Waals surface area (Å²) < 4.78 is 274. The van der Waals surface area contributed by atoms with Crippen LogP contribution >= 0.6 is 57.5 Å². The zero-order chi connectivity index (χ0) is 64.5. The van der Waals surface area contributed by atoms with Gasteiger partial charge < -0.3 is 10.6 Å². The molecule has 0 amide bonds. The van der Waals surface area contributed by atoms with Crippen LogP contribution in [0.25, 0.3) is 20.4 Å². The van der Waals surface area contributed by atoms with Crippen molar-refractivity contribution in [2.45, 2.75) is 57.4 Å². The lowest BCUT2D eigenvalue weighted by Gasteiger charge is -2.32. The first-order chi connectivity index (χ1) is 37.8. The molecule has 8 rings (SSSR count). The molecule has 6 heterocycles. The van der Waals surface area contributed by atoms with Crippen LogP contribution in [0.3, 0.4) is 0 Å². The predicted molar refractivity (Wildman–Crippen MR) is 216 cm³/mol. The smallest absolute Gasteiger partial charge is 0.162 e. The topological polar surface area (TPSA) is 106 Å². The van der Waals surface area contributed by atoms with Crippen LogP contribution < -0.4 is 10.6 Å². The number of likely N-dealkylation sites (tertiary alicyclic amines) is 2. The van der Waals surface area contributed by atoms with Gasteiger partial charge in [-0.05, 0) is 79.3 Å². The fraction of sp³-hybridized carbons (Fsp3) is 0.342. The van der Waals surface area contributed by atoms with Crippen LogP contribution in [-0.4, -0.2) is 67.8 Å². The molecule has 9 nitrogen and oxygen atoms in total. The molecule has 2 aromatic carbocycles. The summed E-state index contributed by atoms with van der Waals surface area (Å²) in [6, 6.07) is -9.96. The second-order valence-corrected chi connectivity index (χ2v) is 13.3. The number of nitrogens with one attached hydrogen (secondary N) is 2. The number of fused-ring (bicyclic) bond motifs is 2. The van der Waals surface area contributed by atoms with Gasteiger partial charge in [-0.2, -0.15) is 5.26 Å². The van der Waals surface area contributed by atoms with Crippen molar-refractivity contribution < 1.29 is 43.9 Å². The van der Waals surface area contributed by atoms with Gasteiger partial charge in [-0.3, -0.25) is 9.80 Å². The van der Waals surface area contributed by atoms with Gasteiger partial charge in [0.15, 0.2) is 2.82 Å². The van der Waals surface area contributed by atoms with Gasteiger partial charge in [0.05, 0.1) is 43.4 Å². The molecule has 52 heavy (non-hydrogen) atoms. The Morgan fingerprint density at radius 3 is 2.06 bits per heavy atom. The number of nitrogens with zero attached hydrogens (tertiary/aromatic N) is 7. The molecule has 0 spiro atoms. The summed E-state index contributed by atoms with van der Waals surface area (Å²) in [6.45, 7) is -22.0. The molecule has 0 saturated carbocycles. The summed E-state index contributed by atoms with van der Waals surface area (Å²) in [6.07, 6.45) is -16.1. The molecule has 2 fully saturated rings. The molecule has 2 saturated heterocycles. The van der Waals surface area contributed by atoms with Gasteiger partial charge in [0.25, 0.3) is 0 Å². The molecule has 0 bridgehead atoms. The lowest BCUT2D eigenvalue weighted by Crippen LogP contribution is -2.38. The standard InChI is InChI=1S/C19H20Cl2N4S.C19H18ClN5S/c1-12-2-3-13(8-16(12)20)10-25-6-4-14(5-7-25)24-18-15-9-17(21)26-19(15)23-11-22-18;20-17-9-16-18(22-12-23-19(16)26-17)24-15-4-6-25(7-5-15)11-14-3-1-2-13(8-14)10-21/h2-3,8-9,11,14H,4-7,10H2,1H3,(H,22,23,24);1-3,8-9,12,15H,4-7,11H2,(H,22,23,24)/i3D,4D2,5D2,6D2,7D2,8D,9D,10D2,11D,14D;2D,3D,4D2,5D2,6D2,7D2,8D,9D,11D2,15D/hD2. The number of halogens is 3. The fourth-order valence-electron chi connectivity index (χ4n) is 3.90. The second-order valence-electron chi connectivity index (χ2n) is 9.67. The molecule has 268 valence electrons. The third-order valence-electron chi connectivity index (χ3n) is 6.19. The molecule has 0 atom stereocenters. The lowest BCUT2D eigenvalue weighted by molar-refractivity contribution is 0.211. The Bertz CT molecular complexity index is 3690. The Morgan fingerprint density at radius 1 is 0.865 bits per heavy atom. The first-order valence-electron chi connectivity index (χ1n) is 30.0. The molecule has 2 aliphatic heterocycles. The molecular weight excluding hydrogens is 753 g/mol. The van der Waals surface area contributed by atoms with Gasteiger partial charge in [-0.15, -0.1) is 22.7 Å². The van der Waals surface area contributed by atoms with E-state index >= 15 is 0 Å². The SMILES string of the molecule is [2H]c1cc([2H])c(C([2H])([2H])N2C([2H])([2H])C([2H])([2H])C([2H])(N([2H])c3ncnc4sc(Cl)c([2H])c34)C([2H])([2H])C2([2H])[2H])c([2H])c1C#N.[2H]c1nc(N([2H])C2([2H])C([2H])([2H])C([2H])([2H])N(C([2H])([2H])c3c([2H])cc(C)c(Cl)c3[2H])C([2H])([2H])C2([2H])[2H])c2c([2H])c(Cl)sc2n1. The van der Waals surface area contributed by atoms with Crippen LogP contribution in [0.15, 0.2) is 67.1 Å². The number of hydrogen-bond acceptors (Lipinski definition) is 11. The lowest BCUT2D eigenvalue weighted by atomic mass is 10.0. The Labute approximate surface area is 371 Å². The van der Waals surface area contributed by atoms with Crippen molar-refractivity contribution in [3.05, 3.63) is 103 Å². The van der Waals surface area contributed by atoms with Gasteiger partial charge in [-0.25, -0.2) is 19.9 Å². The van der Waals surface area contributed by atoms with Crippen LogP contribution in [0.4, 0.5) is 11.6 Å². The molecule has 0 radical (unpaired) electrons. The van der Waals surface area contributed by atoms with Crippen molar-refractivity contribution in [1.82, 2.24) is 29.7 Å². The molecule has 2 N–H and O–H groups in total. The summed E-state index contributed by atoms with van der Waals surface area (Å²) in [5, 5.41) is 7.76. The van der Waals surface area contributed by atoms with Crippen LogP contribution in [0, 0.1) is 18.3 Å². The number of piperidine rings is 2. The van der Waals surface area contributed by atoms with E-state index in [0.29, 0.717) is 17.4 Å². The molecule has 4 aromatic heterocycles. The maximum atomic E-state index is 9.36. The highest BCUT2D eigenvalue weighted by molar-refractivity contribution is 7.22. The summed E-state index contributed by atoms with van der Waals surface area (Å²) in [5.74, 6) is -1.68. The van der Waals surface area contributed by atoms with Gasteiger partial charge in [0.1, 0.15) is 35.3 Å². The summed E-state index contributed by atoms with van der Waals surface area (Å²) >= 11 is 19.5. The van der Waals surface area contributed by atoms with E-state index in [0.717, 1.165) is 23.7 Å². The average molecular weight is 823 g/mol. The number of hydrogen-bond donors (Lipinski definition) is 2. The molecule has 0 aliphatic carbocycles. The summed E-state index contributed by atoms with van der Waals surface area (Å²) in [7, 11) is 0. The van der Waals surface area contributed by atoms with E-state index in [1.807, 2.05) is 0 Å². The first-order valence-corrected chi connectivity index (χ1v) is 16.9. The van der Waals surface area contributed by atoms with Crippen LogP contribution in [0.5, 0.6) is 0 Å². The molecule has 0 unspecified atom stereocenters. The zero-order valence-corrected chi connectivity index (χ0v) is 29.6. The fourth-order valence-corrected chi connectivity index (χ4v) is 6.00. The Hall–Kier alpha value is -3.60. The van der Waals surface area contributed by atoms with Crippen LogP contribution in [-0.2, 0) is 13.0 Å².